The normalized spacial score (nSPS) is 10.7. The molecule has 9 nitrogen and oxygen atoms in total. The zero-order valence-corrected chi connectivity index (χ0v) is 17.6. The molecule has 0 aromatic heterocycles. The van der Waals surface area contributed by atoms with Gasteiger partial charge in [-0.1, -0.05) is 35.9 Å². The highest BCUT2D eigenvalue weighted by Gasteiger charge is 2.22. The van der Waals surface area contributed by atoms with E-state index in [-0.39, 0.29) is 23.8 Å². The van der Waals surface area contributed by atoms with E-state index < -0.39 is 10.8 Å². The maximum absolute atomic E-state index is 12.1. The van der Waals surface area contributed by atoms with Crippen LogP contribution < -0.4 is 20.6 Å². The van der Waals surface area contributed by atoms with E-state index >= 15 is 0 Å². The summed E-state index contributed by atoms with van der Waals surface area (Å²) in [6.45, 7) is 2.09. The molecule has 3 rings (SSSR count). The molecule has 0 fully saturated rings. The van der Waals surface area contributed by atoms with Gasteiger partial charge in [0.1, 0.15) is 6.61 Å². The summed E-state index contributed by atoms with van der Waals surface area (Å²) in [5, 5.41) is 15.5. The molecule has 0 saturated heterocycles. The molecule has 0 saturated carbocycles. The van der Waals surface area contributed by atoms with Crippen LogP contribution in [0.25, 0.3) is 0 Å². The van der Waals surface area contributed by atoms with E-state index in [2.05, 4.69) is 10.5 Å². The number of nitrogens with one attached hydrogen (secondary N) is 1. The number of ether oxygens (including phenoxy) is 2. The fourth-order valence-electron chi connectivity index (χ4n) is 2.98. The second-order valence-corrected chi connectivity index (χ2v) is 6.93. The minimum atomic E-state index is -0.559. The molecule has 1 amide bonds. The predicted octanol–water partition coefficient (Wildman–Crippen LogP) is 3.84. The Labute approximate surface area is 184 Å². The summed E-state index contributed by atoms with van der Waals surface area (Å²) in [6.07, 6.45) is 1.28. The molecule has 0 bridgehead atoms. The average molecular weight is 434 g/mol. The van der Waals surface area contributed by atoms with Crippen molar-refractivity contribution < 1.29 is 19.2 Å². The number of methoxy groups -OCH3 is 1. The van der Waals surface area contributed by atoms with Crippen LogP contribution in [0.2, 0.25) is 0 Å². The molecule has 164 valence electrons. The van der Waals surface area contributed by atoms with Crippen LogP contribution in [0.4, 0.5) is 11.4 Å². The number of nitro benzene ring substituents is 1. The third kappa shape index (κ3) is 5.60. The van der Waals surface area contributed by atoms with Gasteiger partial charge in [-0.25, -0.2) is 5.43 Å². The number of nitrogen functional groups attached to an aromatic ring is 1. The summed E-state index contributed by atoms with van der Waals surface area (Å²) < 4.78 is 11.0. The Kier molecular flexibility index (Phi) is 7.02. The van der Waals surface area contributed by atoms with E-state index in [4.69, 9.17) is 15.2 Å². The number of rotatable bonds is 8. The van der Waals surface area contributed by atoms with Crippen LogP contribution in [-0.2, 0) is 6.61 Å². The number of carbonyl (C=O) groups excluding carboxylic acids is 1. The lowest BCUT2D eigenvalue weighted by Gasteiger charge is -2.12. The lowest BCUT2D eigenvalue weighted by Crippen LogP contribution is -2.17. The zero-order valence-electron chi connectivity index (χ0n) is 17.6. The third-order valence-electron chi connectivity index (χ3n) is 4.47. The van der Waals surface area contributed by atoms with Gasteiger partial charge in [-0.05, 0) is 36.8 Å². The van der Waals surface area contributed by atoms with Gasteiger partial charge in [0.2, 0.25) is 5.75 Å². The topological polar surface area (TPSA) is 129 Å². The lowest BCUT2D eigenvalue weighted by atomic mass is 10.1. The summed E-state index contributed by atoms with van der Waals surface area (Å²) in [6, 6.07) is 16.9. The maximum atomic E-state index is 12.1. The number of aryl methyl sites for hydroxylation is 1. The fourth-order valence-corrected chi connectivity index (χ4v) is 2.98. The molecule has 3 aromatic carbocycles. The summed E-state index contributed by atoms with van der Waals surface area (Å²) in [5.41, 5.74) is 10.8. The number of carbonyl (C=O) groups is 1. The van der Waals surface area contributed by atoms with Crippen molar-refractivity contribution in [2.45, 2.75) is 13.5 Å². The molecular weight excluding hydrogens is 412 g/mol. The number of hydrogen-bond acceptors (Lipinski definition) is 7. The van der Waals surface area contributed by atoms with Crippen LogP contribution >= 0.6 is 0 Å². The first-order chi connectivity index (χ1) is 15.4. The van der Waals surface area contributed by atoms with Gasteiger partial charge in [-0.3, -0.25) is 14.9 Å². The van der Waals surface area contributed by atoms with Gasteiger partial charge in [0.25, 0.3) is 5.91 Å². The number of nitrogens with two attached hydrogens (primary N) is 1. The number of hydrogen-bond donors (Lipinski definition) is 2. The minimum absolute atomic E-state index is 0.0138. The SMILES string of the molecule is COc1cc(/C=N\NC(=O)c2cccc(N)c2)cc([N+](=O)[O-])c1OCc1cccc(C)c1. The number of anilines is 1. The predicted molar refractivity (Wildman–Crippen MR) is 121 cm³/mol. The Morgan fingerprint density at radius 1 is 1.19 bits per heavy atom. The first kappa shape index (κ1) is 22.3. The molecule has 0 unspecified atom stereocenters. The molecule has 3 aromatic rings. The van der Waals surface area contributed by atoms with Gasteiger partial charge in [-0.15, -0.1) is 0 Å². The molecule has 0 spiro atoms. The summed E-state index contributed by atoms with van der Waals surface area (Å²) >= 11 is 0. The van der Waals surface area contributed by atoms with Crippen LogP contribution in [0, 0.1) is 17.0 Å². The van der Waals surface area contributed by atoms with Crippen molar-refractivity contribution >= 4 is 23.5 Å². The number of hydrazone groups is 1. The van der Waals surface area contributed by atoms with Crippen LogP contribution in [0.5, 0.6) is 11.5 Å². The number of benzene rings is 3. The zero-order chi connectivity index (χ0) is 23.1. The van der Waals surface area contributed by atoms with Crippen LogP contribution in [-0.4, -0.2) is 24.2 Å². The molecule has 0 radical (unpaired) electrons. The van der Waals surface area contributed by atoms with Gasteiger partial charge >= 0.3 is 5.69 Å². The highest BCUT2D eigenvalue weighted by atomic mass is 16.6. The first-order valence-electron chi connectivity index (χ1n) is 9.61. The monoisotopic (exact) mass is 434 g/mol. The molecule has 9 heteroatoms. The van der Waals surface area contributed by atoms with Crippen molar-refractivity contribution in [2.75, 3.05) is 12.8 Å². The van der Waals surface area contributed by atoms with E-state index in [1.807, 2.05) is 31.2 Å². The molecular formula is C23H22N4O5. The average Bonchev–Trinajstić information content (AvgIpc) is 2.77. The standard InChI is InChI=1S/C23H22N4O5/c1-15-5-3-6-16(9-15)14-32-22-20(27(29)30)10-17(11-21(22)31-2)13-25-26-23(28)18-7-4-8-19(24)12-18/h3-13H,14,24H2,1-2H3,(H,26,28)/b25-13-. The van der Waals surface area contributed by atoms with Crippen LogP contribution in [0.3, 0.4) is 0 Å². The molecule has 0 atom stereocenters. The molecule has 0 aliphatic heterocycles. The molecule has 3 N–H and O–H groups in total. The third-order valence-corrected chi connectivity index (χ3v) is 4.47. The smallest absolute Gasteiger partial charge is 0.315 e. The van der Waals surface area contributed by atoms with E-state index in [1.165, 1.54) is 31.5 Å². The first-order valence-corrected chi connectivity index (χ1v) is 9.61. The Morgan fingerprint density at radius 3 is 2.66 bits per heavy atom. The van der Waals surface area contributed by atoms with Crippen molar-refractivity contribution in [1.29, 1.82) is 0 Å². The largest absolute Gasteiger partial charge is 0.493 e. The molecule has 0 aliphatic carbocycles. The molecule has 0 heterocycles. The van der Waals surface area contributed by atoms with Gasteiger partial charge in [0.15, 0.2) is 5.75 Å². The number of nitro groups is 1. The number of nitrogens with zero attached hydrogens (tertiary/aromatic N) is 2. The van der Waals surface area contributed by atoms with Gasteiger partial charge in [0, 0.05) is 22.9 Å². The van der Waals surface area contributed by atoms with Gasteiger partial charge in [0.05, 0.1) is 18.2 Å². The molecule has 32 heavy (non-hydrogen) atoms. The Hall–Kier alpha value is -4.40. The fraction of sp³-hybridized carbons (Fsp3) is 0.130. The summed E-state index contributed by atoms with van der Waals surface area (Å²) in [4.78, 5) is 23.2. The summed E-state index contributed by atoms with van der Waals surface area (Å²) in [7, 11) is 1.39. The Balaban J connectivity index is 1.80. The minimum Gasteiger partial charge on any atom is -0.493 e. The van der Waals surface area contributed by atoms with Crippen molar-refractivity contribution in [2.24, 2.45) is 5.10 Å². The second-order valence-electron chi connectivity index (χ2n) is 6.93. The van der Waals surface area contributed by atoms with E-state index in [0.717, 1.165) is 11.1 Å². The number of amides is 1. The quantitative estimate of drug-likeness (QED) is 0.240. The maximum Gasteiger partial charge on any atom is 0.315 e. The van der Waals surface area contributed by atoms with Crippen molar-refractivity contribution in [1.82, 2.24) is 5.43 Å². The van der Waals surface area contributed by atoms with Crippen molar-refractivity contribution in [3.8, 4) is 11.5 Å². The molecule has 0 aliphatic rings. The van der Waals surface area contributed by atoms with Gasteiger partial charge < -0.3 is 15.2 Å². The van der Waals surface area contributed by atoms with E-state index in [1.54, 1.807) is 18.2 Å². The second kappa shape index (κ2) is 10.1. The van der Waals surface area contributed by atoms with Gasteiger partial charge in [-0.2, -0.15) is 5.10 Å². The van der Waals surface area contributed by atoms with Crippen LogP contribution in [0.1, 0.15) is 27.0 Å². The Bertz CT molecular complexity index is 1180. The highest BCUT2D eigenvalue weighted by Crippen LogP contribution is 2.38. The van der Waals surface area contributed by atoms with Crippen molar-refractivity contribution in [3.63, 3.8) is 0 Å². The highest BCUT2D eigenvalue weighted by molar-refractivity contribution is 5.95. The summed E-state index contributed by atoms with van der Waals surface area (Å²) in [5.74, 6) is -0.275. The Morgan fingerprint density at radius 2 is 1.97 bits per heavy atom. The van der Waals surface area contributed by atoms with E-state index in [9.17, 15) is 14.9 Å². The lowest BCUT2D eigenvalue weighted by molar-refractivity contribution is -0.386. The van der Waals surface area contributed by atoms with Crippen molar-refractivity contribution in [3.05, 3.63) is 93.0 Å². The van der Waals surface area contributed by atoms with Crippen LogP contribution in [0.15, 0.2) is 65.8 Å². The van der Waals surface area contributed by atoms with E-state index in [0.29, 0.717) is 16.8 Å².